The molecule has 0 aliphatic rings. The molecule has 0 amide bonds. The molecule has 0 bridgehead atoms. The average Bonchev–Trinajstić information content (AvgIpc) is 2.28. The predicted molar refractivity (Wildman–Crippen MR) is 59.8 cm³/mol. The van der Waals surface area contributed by atoms with Crippen LogP contribution in [-0.2, 0) is 20.7 Å². The molecule has 1 rings (SSSR count). The maximum absolute atomic E-state index is 13.4. The summed E-state index contributed by atoms with van der Waals surface area (Å²) < 4.78 is 17.9. The molecular formula is C10H7BrClFO3. The summed E-state index contributed by atoms with van der Waals surface area (Å²) in [4.78, 5) is 22.1. The second-order valence-electron chi connectivity index (χ2n) is 2.91. The Balaban J connectivity index is 3.02. The van der Waals surface area contributed by atoms with Crippen molar-refractivity contribution in [1.82, 2.24) is 0 Å². The summed E-state index contributed by atoms with van der Waals surface area (Å²) in [5.74, 6) is -2.44. The molecule has 0 fully saturated rings. The fourth-order valence-corrected chi connectivity index (χ4v) is 1.72. The zero-order valence-corrected chi connectivity index (χ0v) is 10.6. The molecule has 16 heavy (non-hydrogen) atoms. The molecule has 0 atom stereocenters. The number of esters is 1. The zero-order valence-electron chi connectivity index (χ0n) is 8.22. The molecule has 3 nitrogen and oxygen atoms in total. The van der Waals surface area contributed by atoms with Crippen LogP contribution < -0.4 is 0 Å². The van der Waals surface area contributed by atoms with Crippen LogP contribution in [0.2, 0.25) is 5.02 Å². The topological polar surface area (TPSA) is 43.4 Å². The van der Waals surface area contributed by atoms with Gasteiger partial charge in [-0.25, -0.2) is 9.18 Å². The summed E-state index contributed by atoms with van der Waals surface area (Å²) in [5, 5.41) is 0.272. The van der Waals surface area contributed by atoms with E-state index in [2.05, 4.69) is 20.7 Å². The van der Waals surface area contributed by atoms with E-state index in [1.54, 1.807) is 0 Å². The Morgan fingerprint density at radius 2 is 2.12 bits per heavy atom. The third-order valence-electron chi connectivity index (χ3n) is 1.89. The monoisotopic (exact) mass is 308 g/mol. The molecule has 86 valence electrons. The van der Waals surface area contributed by atoms with E-state index in [1.165, 1.54) is 6.07 Å². The summed E-state index contributed by atoms with van der Waals surface area (Å²) in [7, 11) is 1.09. The molecule has 1 aromatic carbocycles. The van der Waals surface area contributed by atoms with Crippen LogP contribution in [0.4, 0.5) is 4.39 Å². The SMILES string of the molecule is COC(=O)C(=O)Cc1c(F)ccc(Cl)c1Br. The molecule has 6 heteroatoms. The predicted octanol–water partition coefficient (Wildman–Crippen LogP) is 2.53. The molecule has 1 aromatic rings. The molecule has 0 heterocycles. The van der Waals surface area contributed by atoms with Gasteiger partial charge in [-0.3, -0.25) is 4.79 Å². The van der Waals surface area contributed by atoms with Gasteiger partial charge in [-0.05, 0) is 28.1 Å². The Morgan fingerprint density at radius 1 is 1.50 bits per heavy atom. The lowest BCUT2D eigenvalue weighted by Crippen LogP contribution is -2.18. The first-order chi connectivity index (χ1) is 7.47. The minimum atomic E-state index is -1.01. The summed E-state index contributed by atoms with van der Waals surface area (Å²) >= 11 is 8.80. The van der Waals surface area contributed by atoms with Crippen molar-refractivity contribution in [3.8, 4) is 0 Å². The Bertz CT molecular complexity index is 448. The smallest absolute Gasteiger partial charge is 0.374 e. The van der Waals surface area contributed by atoms with Crippen molar-refractivity contribution >= 4 is 39.3 Å². The molecule has 0 saturated carbocycles. The Labute approximate surface area is 105 Å². The molecule has 0 radical (unpaired) electrons. The van der Waals surface area contributed by atoms with Gasteiger partial charge in [0.25, 0.3) is 0 Å². The lowest BCUT2D eigenvalue weighted by molar-refractivity contribution is -0.151. The number of carbonyl (C=O) groups is 2. The maximum Gasteiger partial charge on any atom is 0.374 e. The summed E-state index contributed by atoms with van der Waals surface area (Å²) in [5.41, 5.74) is 0.0444. The van der Waals surface area contributed by atoms with E-state index >= 15 is 0 Å². The number of halogens is 3. The van der Waals surface area contributed by atoms with Gasteiger partial charge in [-0.2, -0.15) is 0 Å². The van der Waals surface area contributed by atoms with Crippen LogP contribution in [-0.4, -0.2) is 18.9 Å². The van der Waals surface area contributed by atoms with Crippen LogP contribution in [0.15, 0.2) is 16.6 Å². The van der Waals surface area contributed by atoms with Gasteiger partial charge in [-0.15, -0.1) is 0 Å². The van der Waals surface area contributed by atoms with Gasteiger partial charge >= 0.3 is 5.97 Å². The number of hydrogen-bond donors (Lipinski definition) is 0. The van der Waals surface area contributed by atoms with Crippen molar-refractivity contribution in [2.75, 3.05) is 7.11 Å². The summed E-state index contributed by atoms with van der Waals surface area (Å²) in [6.07, 6.45) is -0.389. The second-order valence-corrected chi connectivity index (χ2v) is 4.11. The quantitative estimate of drug-likeness (QED) is 0.489. The first kappa shape index (κ1) is 13.1. The van der Waals surface area contributed by atoms with Gasteiger partial charge < -0.3 is 4.74 Å². The lowest BCUT2D eigenvalue weighted by atomic mass is 10.1. The van der Waals surface area contributed by atoms with E-state index < -0.39 is 17.6 Å². The van der Waals surface area contributed by atoms with Crippen molar-refractivity contribution < 1.29 is 18.7 Å². The number of benzene rings is 1. The highest BCUT2D eigenvalue weighted by atomic mass is 79.9. The summed E-state index contributed by atoms with van der Waals surface area (Å²) in [6.45, 7) is 0. The largest absolute Gasteiger partial charge is 0.463 e. The highest BCUT2D eigenvalue weighted by Gasteiger charge is 2.19. The molecule has 0 aromatic heterocycles. The number of Topliss-reactive ketones (excluding diaryl/α,β-unsaturated/α-hetero) is 1. The first-order valence-electron chi connectivity index (χ1n) is 4.21. The van der Waals surface area contributed by atoms with Gasteiger partial charge in [0, 0.05) is 16.5 Å². The fourth-order valence-electron chi connectivity index (χ4n) is 1.08. The van der Waals surface area contributed by atoms with Crippen molar-refractivity contribution in [1.29, 1.82) is 0 Å². The van der Waals surface area contributed by atoms with Gasteiger partial charge in [0.15, 0.2) is 0 Å². The Kier molecular flexibility index (Phi) is 4.44. The van der Waals surface area contributed by atoms with Gasteiger partial charge in [0.2, 0.25) is 5.78 Å². The van der Waals surface area contributed by atoms with Crippen LogP contribution in [0.3, 0.4) is 0 Å². The third kappa shape index (κ3) is 2.80. The number of ether oxygens (including phenoxy) is 1. The van der Waals surface area contributed by atoms with Gasteiger partial charge in [0.1, 0.15) is 5.82 Å². The standard InChI is InChI=1S/C10H7BrClFO3/c1-16-10(15)8(14)4-5-7(13)3-2-6(12)9(5)11/h2-3H,4H2,1H3. The van der Waals surface area contributed by atoms with E-state index in [4.69, 9.17) is 11.6 Å². The number of carbonyl (C=O) groups excluding carboxylic acids is 2. The zero-order chi connectivity index (χ0) is 12.3. The third-order valence-corrected chi connectivity index (χ3v) is 3.34. The first-order valence-corrected chi connectivity index (χ1v) is 5.38. The summed E-state index contributed by atoms with van der Waals surface area (Å²) in [6, 6.07) is 2.49. The van der Waals surface area contributed by atoms with Gasteiger partial charge in [-0.1, -0.05) is 11.6 Å². The van der Waals surface area contributed by atoms with Crippen LogP contribution >= 0.6 is 27.5 Å². The van der Waals surface area contributed by atoms with E-state index in [1.807, 2.05) is 0 Å². The molecule has 0 aliphatic carbocycles. The Hall–Kier alpha value is -0.940. The molecule has 0 unspecified atom stereocenters. The number of hydrogen-bond acceptors (Lipinski definition) is 3. The van der Waals surface area contributed by atoms with Crippen LogP contribution in [0.5, 0.6) is 0 Å². The minimum absolute atomic E-state index is 0.0444. The van der Waals surface area contributed by atoms with Crippen LogP contribution in [0.1, 0.15) is 5.56 Å². The molecule has 0 spiro atoms. The minimum Gasteiger partial charge on any atom is -0.463 e. The fraction of sp³-hybridized carbons (Fsp3) is 0.200. The van der Waals surface area contributed by atoms with Crippen molar-refractivity contribution in [3.63, 3.8) is 0 Å². The van der Waals surface area contributed by atoms with E-state index in [0.29, 0.717) is 0 Å². The maximum atomic E-state index is 13.4. The van der Waals surface area contributed by atoms with Crippen LogP contribution in [0.25, 0.3) is 0 Å². The number of rotatable bonds is 3. The van der Waals surface area contributed by atoms with E-state index in [9.17, 15) is 14.0 Å². The second kappa shape index (κ2) is 5.41. The highest BCUT2D eigenvalue weighted by molar-refractivity contribution is 9.10. The van der Waals surface area contributed by atoms with Crippen molar-refractivity contribution in [3.05, 3.63) is 33.0 Å². The normalized spacial score (nSPS) is 10.0. The highest BCUT2D eigenvalue weighted by Crippen LogP contribution is 2.28. The number of ketones is 1. The van der Waals surface area contributed by atoms with Crippen LogP contribution in [0, 0.1) is 5.82 Å². The molecule has 0 saturated heterocycles. The molecular weight excluding hydrogens is 302 g/mol. The molecule has 0 aliphatic heterocycles. The van der Waals surface area contributed by atoms with E-state index in [0.717, 1.165) is 13.2 Å². The van der Waals surface area contributed by atoms with Crippen molar-refractivity contribution in [2.24, 2.45) is 0 Å². The average molecular weight is 310 g/mol. The number of methoxy groups -OCH3 is 1. The Morgan fingerprint density at radius 3 is 2.69 bits per heavy atom. The molecule has 0 N–H and O–H groups in total. The van der Waals surface area contributed by atoms with Crippen molar-refractivity contribution in [2.45, 2.75) is 6.42 Å². The van der Waals surface area contributed by atoms with Gasteiger partial charge in [0.05, 0.1) is 12.1 Å². The lowest BCUT2D eigenvalue weighted by Gasteiger charge is -2.06. The van der Waals surface area contributed by atoms with E-state index in [-0.39, 0.29) is 21.5 Å².